The van der Waals surface area contributed by atoms with Crippen molar-refractivity contribution in [3.8, 4) is 0 Å². The van der Waals surface area contributed by atoms with Gasteiger partial charge in [-0.05, 0) is 54.2 Å². The highest BCUT2D eigenvalue weighted by atomic mass is 19.1. The van der Waals surface area contributed by atoms with Gasteiger partial charge in [0.1, 0.15) is 11.6 Å². The Morgan fingerprint density at radius 3 is 1.95 bits per heavy atom. The first kappa shape index (κ1) is 30.3. The third-order valence-corrected chi connectivity index (χ3v) is 8.09. The molecule has 0 saturated carbocycles. The third kappa shape index (κ3) is 8.90. The van der Waals surface area contributed by atoms with Gasteiger partial charge in [0, 0.05) is 32.1 Å². The highest BCUT2D eigenvalue weighted by Crippen LogP contribution is 2.33. The fourth-order valence-electron chi connectivity index (χ4n) is 6.01. The summed E-state index contributed by atoms with van der Waals surface area (Å²) in [7, 11) is 0. The average Bonchev–Trinajstić information content (AvgIpc) is 2.92. The molecule has 0 spiro atoms. The zero-order valence-electron chi connectivity index (χ0n) is 23.8. The van der Waals surface area contributed by atoms with Gasteiger partial charge in [0.05, 0.1) is 6.04 Å². The lowest BCUT2D eigenvalue weighted by Crippen LogP contribution is -2.56. The lowest BCUT2D eigenvalue weighted by molar-refractivity contribution is -0.138. The van der Waals surface area contributed by atoms with Crippen molar-refractivity contribution in [3.63, 3.8) is 0 Å². The van der Waals surface area contributed by atoms with Crippen molar-refractivity contribution in [2.45, 2.75) is 103 Å². The van der Waals surface area contributed by atoms with Crippen molar-refractivity contribution in [2.75, 3.05) is 19.6 Å². The smallest absolute Gasteiger partial charge is 0.223 e. The molecular weight excluding hydrogens is 478 g/mol. The first-order valence-electron chi connectivity index (χ1n) is 15.0. The fraction of sp³-hybridized carbons (Fsp3) is 0.606. The monoisotopic (exact) mass is 526 g/mol. The van der Waals surface area contributed by atoms with E-state index in [1.165, 1.54) is 49.9 Å². The number of unbranched alkanes of at least 4 members (excludes halogenated alkanes) is 4. The third-order valence-electron chi connectivity index (χ3n) is 8.09. The van der Waals surface area contributed by atoms with Crippen LogP contribution in [0.2, 0.25) is 0 Å². The number of benzene rings is 2. The van der Waals surface area contributed by atoms with Crippen LogP contribution in [0.3, 0.4) is 0 Å². The second kappa shape index (κ2) is 16.0. The molecule has 1 heterocycles. The molecule has 3 nitrogen and oxygen atoms in total. The van der Waals surface area contributed by atoms with Crippen LogP contribution in [0.5, 0.6) is 0 Å². The molecule has 0 aromatic heterocycles. The molecule has 2 atom stereocenters. The van der Waals surface area contributed by atoms with Crippen LogP contribution < -0.4 is 0 Å². The Morgan fingerprint density at radius 2 is 1.39 bits per heavy atom. The molecule has 0 N–H and O–H groups in total. The number of carbonyl (C=O) groups excluding carboxylic acids is 1. The van der Waals surface area contributed by atoms with Crippen LogP contribution in [0, 0.1) is 17.6 Å². The van der Waals surface area contributed by atoms with Crippen LogP contribution in [0.15, 0.2) is 48.5 Å². The lowest BCUT2D eigenvalue weighted by atomic mass is 9.91. The van der Waals surface area contributed by atoms with E-state index < -0.39 is 0 Å². The van der Waals surface area contributed by atoms with Crippen molar-refractivity contribution in [3.05, 3.63) is 71.3 Å². The minimum absolute atomic E-state index is 0.107. The predicted molar refractivity (Wildman–Crippen MR) is 153 cm³/mol. The maximum atomic E-state index is 13.8. The number of hydrogen-bond donors (Lipinski definition) is 0. The standard InChI is InChI=1S/C33H48F2N2O/c1-4-7-9-10-12-26(11-6-3)24-32(38)37-23-22-36(25-31(37)13-8-5-2)33(27-14-18-29(34)19-15-27)28-16-20-30(35)21-17-28/h14-21,26,31,33H,4-13,22-25H2,1-3H3. The van der Waals surface area contributed by atoms with E-state index >= 15 is 0 Å². The lowest BCUT2D eigenvalue weighted by Gasteiger charge is -2.45. The Kier molecular flexibility index (Phi) is 12.7. The molecule has 1 aliphatic rings. The molecule has 210 valence electrons. The van der Waals surface area contributed by atoms with E-state index in [1.807, 2.05) is 24.3 Å². The van der Waals surface area contributed by atoms with Gasteiger partial charge in [0.2, 0.25) is 5.91 Å². The number of carbonyl (C=O) groups is 1. The molecular formula is C33H48F2N2O. The van der Waals surface area contributed by atoms with E-state index in [4.69, 9.17) is 0 Å². The zero-order valence-corrected chi connectivity index (χ0v) is 23.8. The van der Waals surface area contributed by atoms with Gasteiger partial charge in [0.25, 0.3) is 0 Å². The van der Waals surface area contributed by atoms with Gasteiger partial charge in [-0.3, -0.25) is 9.69 Å². The summed E-state index contributed by atoms with van der Waals surface area (Å²) >= 11 is 0. The van der Waals surface area contributed by atoms with E-state index in [9.17, 15) is 13.6 Å². The zero-order chi connectivity index (χ0) is 27.3. The van der Waals surface area contributed by atoms with Crippen molar-refractivity contribution < 1.29 is 13.6 Å². The van der Waals surface area contributed by atoms with E-state index in [1.54, 1.807) is 0 Å². The van der Waals surface area contributed by atoms with Crippen LogP contribution in [0.1, 0.15) is 109 Å². The number of amides is 1. The van der Waals surface area contributed by atoms with Gasteiger partial charge < -0.3 is 4.90 Å². The molecule has 5 heteroatoms. The van der Waals surface area contributed by atoms with Gasteiger partial charge in [-0.25, -0.2) is 8.78 Å². The summed E-state index contributed by atoms with van der Waals surface area (Å²) in [4.78, 5) is 18.2. The minimum Gasteiger partial charge on any atom is -0.337 e. The molecule has 0 aliphatic carbocycles. The maximum Gasteiger partial charge on any atom is 0.223 e. The van der Waals surface area contributed by atoms with Crippen molar-refractivity contribution >= 4 is 5.91 Å². The summed E-state index contributed by atoms with van der Waals surface area (Å²) in [6.07, 6.45) is 12.2. The molecule has 1 amide bonds. The Morgan fingerprint density at radius 1 is 0.789 bits per heavy atom. The molecule has 1 saturated heterocycles. The Labute approximate surface area is 229 Å². The van der Waals surface area contributed by atoms with E-state index in [0.717, 1.165) is 62.7 Å². The van der Waals surface area contributed by atoms with Crippen molar-refractivity contribution in [2.24, 2.45) is 5.92 Å². The maximum absolute atomic E-state index is 13.8. The fourth-order valence-corrected chi connectivity index (χ4v) is 6.01. The molecule has 2 aromatic rings. The highest BCUT2D eigenvalue weighted by Gasteiger charge is 2.34. The first-order valence-corrected chi connectivity index (χ1v) is 15.0. The molecule has 0 bridgehead atoms. The summed E-state index contributed by atoms with van der Waals surface area (Å²) in [5, 5.41) is 0. The number of halogens is 2. The second-order valence-corrected chi connectivity index (χ2v) is 11.1. The Hall–Kier alpha value is -2.27. The average molecular weight is 527 g/mol. The van der Waals surface area contributed by atoms with E-state index in [-0.39, 0.29) is 23.7 Å². The largest absolute Gasteiger partial charge is 0.337 e. The highest BCUT2D eigenvalue weighted by molar-refractivity contribution is 5.77. The summed E-state index contributed by atoms with van der Waals surface area (Å²) in [6.45, 7) is 8.85. The molecule has 3 rings (SSSR count). The number of nitrogens with zero attached hydrogens (tertiary/aromatic N) is 2. The van der Waals surface area contributed by atoms with Crippen LogP contribution in [0.4, 0.5) is 8.78 Å². The molecule has 2 aromatic carbocycles. The topological polar surface area (TPSA) is 23.6 Å². The second-order valence-electron chi connectivity index (χ2n) is 11.1. The first-order chi connectivity index (χ1) is 18.5. The predicted octanol–water partition coefficient (Wildman–Crippen LogP) is 8.53. The van der Waals surface area contributed by atoms with Crippen molar-refractivity contribution in [1.29, 1.82) is 0 Å². The van der Waals surface area contributed by atoms with Gasteiger partial charge in [-0.1, -0.05) is 96.4 Å². The van der Waals surface area contributed by atoms with Crippen LogP contribution in [-0.4, -0.2) is 41.4 Å². The Balaban J connectivity index is 1.77. The van der Waals surface area contributed by atoms with Crippen LogP contribution in [0.25, 0.3) is 0 Å². The quantitative estimate of drug-likeness (QED) is 0.217. The SMILES string of the molecule is CCCCCCC(CCC)CC(=O)N1CCN(C(c2ccc(F)cc2)c2ccc(F)cc2)CC1CCCC. The van der Waals surface area contributed by atoms with Crippen LogP contribution >= 0.6 is 0 Å². The van der Waals surface area contributed by atoms with E-state index in [0.29, 0.717) is 24.8 Å². The van der Waals surface area contributed by atoms with Gasteiger partial charge in [-0.2, -0.15) is 0 Å². The summed E-state index contributed by atoms with van der Waals surface area (Å²) in [5.41, 5.74) is 1.98. The molecule has 2 unspecified atom stereocenters. The van der Waals surface area contributed by atoms with Gasteiger partial charge >= 0.3 is 0 Å². The number of piperazine rings is 1. The van der Waals surface area contributed by atoms with Crippen LogP contribution in [-0.2, 0) is 4.79 Å². The minimum atomic E-state index is -0.265. The summed E-state index contributed by atoms with van der Waals surface area (Å²) in [6, 6.07) is 13.3. The Bertz CT molecular complexity index is 901. The normalized spacial score (nSPS) is 17.2. The molecule has 0 radical (unpaired) electrons. The van der Waals surface area contributed by atoms with Crippen molar-refractivity contribution in [1.82, 2.24) is 9.80 Å². The molecule has 1 fully saturated rings. The molecule has 38 heavy (non-hydrogen) atoms. The van der Waals surface area contributed by atoms with Gasteiger partial charge in [-0.15, -0.1) is 0 Å². The molecule has 1 aliphatic heterocycles. The van der Waals surface area contributed by atoms with Gasteiger partial charge in [0.15, 0.2) is 0 Å². The summed E-state index contributed by atoms with van der Waals surface area (Å²) < 4.78 is 27.5. The summed E-state index contributed by atoms with van der Waals surface area (Å²) in [5.74, 6) is 0.249. The number of rotatable bonds is 15. The van der Waals surface area contributed by atoms with E-state index in [2.05, 4.69) is 30.6 Å². The number of hydrogen-bond acceptors (Lipinski definition) is 2.